The van der Waals surface area contributed by atoms with Crippen molar-refractivity contribution in [2.24, 2.45) is 5.73 Å². The predicted molar refractivity (Wildman–Crippen MR) is 145 cm³/mol. The highest BCUT2D eigenvalue weighted by atomic mass is 16.6. The van der Waals surface area contributed by atoms with Crippen LogP contribution in [0, 0.1) is 13.8 Å². The summed E-state index contributed by atoms with van der Waals surface area (Å²) >= 11 is 0. The van der Waals surface area contributed by atoms with Gasteiger partial charge in [0.25, 0.3) is 0 Å². The maximum Gasteiger partial charge on any atom is 0.408 e. The summed E-state index contributed by atoms with van der Waals surface area (Å²) in [6, 6.07) is 3.40. The molecule has 0 bridgehead atoms. The average Bonchev–Trinajstić information content (AvgIpc) is 2.78. The fraction of sp³-hybridized carbons (Fsp3) is 0.643. The number of hydrogen-bond acceptors (Lipinski definition) is 5. The van der Waals surface area contributed by atoms with Gasteiger partial charge in [-0.1, -0.05) is 44.0 Å². The number of unbranched alkanes of at least 4 members (excludes halogenated alkanes) is 1. The summed E-state index contributed by atoms with van der Waals surface area (Å²) in [5, 5.41) is 5.60. The first-order chi connectivity index (χ1) is 17.2. The van der Waals surface area contributed by atoms with Gasteiger partial charge in [-0.25, -0.2) is 4.79 Å². The summed E-state index contributed by atoms with van der Waals surface area (Å²) in [4.78, 5) is 53.5. The van der Waals surface area contributed by atoms with Gasteiger partial charge in [-0.3, -0.25) is 14.4 Å². The summed E-state index contributed by atoms with van der Waals surface area (Å²) in [5.74, 6) is -1.36. The lowest BCUT2D eigenvalue weighted by atomic mass is 9.94. The third-order valence-corrected chi connectivity index (χ3v) is 6.06. The normalized spacial score (nSPS) is 13.7. The van der Waals surface area contributed by atoms with Gasteiger partial charge in [-0.15, -0.1) is 0 Å². The van der Waals surface area contributed by atoms with Crippen molar-refractivity contribution < 1.29 is 23.9 Å². The molecule has 0 aliphatic carbocycles. The molecule has 0 fully saturated rings. The van der Waals surface area contributed by atoms with E-state index in [1.165, 1.54) is 4.90 Å². The van der Waals surface area contributed by atoms with Crippen LogP contribution in [0.1, 0.15) is 96.4 Å². The molecule has 0 aromatic heterocycles. The minimum Gasteiger partial charge on any atom is -0.444 e. The Morgan fingerprint density at radius 1 is 1.11 bits per heavy atom. The molecule has 0 saturated carbocycles. The second kappa shape index (κ2) is 14.6. The Hall–Kier alpha value is -3.10. The highest BCUT2D eigenvalue weighted by Gasteiger charge is 2.39. The molecule has 208 valence electrons. The lowest BCUT2D eigenvalue weighted by molar-refractivity contribution is -0.145. The number of rotatable bonds is 13. The molecule has 0 heterocycles. The van der Waals surface area contributed by atoms with Crippen molar-refractivity contribution >= 4 is 23.8 Å². The van der Waals surface area contributed by atoms with Crippen molar-refractivity contribution in [2.75, 3.05) is 6.54 Å². The smallest absolute Gasteiger partial charge is 0.408 e. The van der Waals surface area contributed by atoms with Crippen LogP contribution >= 0.6 is 0 Å². The number of amides is 4. The molecule has 9 heteroatoms. The van der Waals surface area contributed by atoms with Gasteiger partial charge in [-0.05, 0) is 71.9 Å². The Morgan fingerprint density at radius 2 is 1.76 bits per heavy atom. The van der Waals surface area contributed by atoms with E-state index < -0.39 is 35.6 Å². The van der Waals surface area contributed by atoms with Crippen LogP contribution in [-0.2, 0) is 19.1 Å². The minimum absolute atomic E-state index is 0.0165. The van der Waals surface area contributed by atoms with E-state index in [1.807, 2.05) is 52.8 Å². The van der Waals surface area contributed by atoms with E-state index in [0.29, 0.717) is 18.5 Å². The number of carbonyl (C=O) groups excluding carboxylic acids is 4. The second-order valence-electron chi connectivity index (χ2n) is 10.6. The topological polar surface area (TPSA) is 131 Å². The number of primary amides is 1. The first-order valence-corrected chi connectivity index (χ1v) is 13.2. The van der Waals surface area contributed by atoms with Gasteiger partial charge in [0.15, 0.2) is 0 Å². The largest absolute Gasteiger partial charge is 0.444 e. The molecule has 3 unspecified atom stereocenters. The van der Waals surface area contributed by atoms with Crippen LogP contribution < -0.4 is 16.4 Å². The average molecular weight is 519 g/mol. The fourth-order valence-corrected chi connectivity index (χ4v) is 4.00. The molecular formula is C28H46N4O5. The molecule has 4 amide bonds. The summed E-state index contributed by atoms with van der Waals surface area (Å²) in [6.45, 7) is 15.4. The predicted octanol–water partition coefficient (Wildman–Crippen LogP) is 4.05. The summed E-state index contributed by atoms with van der Waals surface area (Å²) in [6.07, 6.45) is 1.38. The number of ether oxygens (including phenoxy) is 1. The molecule has 0 aliphatic rings. The zero-order valence-electron chi connectivity index (χ0n) is 23.8. The van der Waals surface area contributed by atoms with Crippen LogP contribution in [0.2, 0.25) is 0 Å². The highest BCUT2D eigenvalue weighted by Crippen LogP contribution is 2.29. The standard InChI is InChI=1S/C28H46N4O5/c1-9-11-16-30-25(34)24(21-13-12-18(3)17-19(21)4)32(20(5)10-2)26(35)22(14-15-23(29)33)31-27(36)37-28(6,7)8/h12-13,17,20,22,24H,9-11,14-16H2,1-8H3,(H2,29,33)(H,30,34)(H,31,36). The molecule has 1 aromatic carbocycles. The molecule has 3 atom stereocenters. The first-order valence-electron chi connectivity index (χ1n) is 13.2. The van der Waals surface area contributed by atoms with Crippen molar-refractivity contribution in [3.63, 3.8) is 0 Å². The third kappa shape index (κ3) is 10.4. The van der Waals surface area contributed by atoms with E-state index in [-0.39, 0.29) is 24.8 Å². The van der Waals surface area contributed by atoms with Crippen molar-refractivity contribution in [3.8, 4) is 0 Å². The number of aryl methyl sites for hydroxylation is 2. The summed E-state index contributed by atoms with van der Waals surface area (Å²) < 4.78 is 5.37. The molecule has 0 spiro atoms. The zero-order chi connectivity index (χ0) is 28.3. The van der Waals surface area contributed by atoms with Crippen LogP contribution in [0.25, 0.3) is 0 Å². The fourth-order valence-electron chi connectivity index (χ4n) is 4.00. The zero-order valence-corrected chi connectivity index (χ0v) is 23.8. The summed E-state index contributed by atoms with van der Waals surface area (Å²) in [5.41, 5.74) is 7.21. The van der Waals surface area contributed by atoms with Crippen LogP contribution in [0.15, 0.2) is 18.2 Å². The molecule has 9 nitrogen and oxygen atoms in total. The van der Waals surface area contributed by atoms with Gasteiger partial charge in [0.2, 0.25) is 17.7 Å². The molecule has 1 rings (SSSR count). The van der Waals surface area contributed by atoms with Crippen LogP contribution in [0.4, 0.5) is 4.79 Å². The van der Waals surface area contributed by atoms with E-state index >= 15 is 0 Å². The lowest BCUT2D eigenvalue weighted by Gasteiger charge is -2.38. The Labute approximate surface area is 221 Å². The Bertz CT molecular complexity index is 941. The van der Waals surface area contributed by atoms with E-state index in [2.05, 4.69) is 10.6 Å². The number of nitrogens with two attached hydrogens (primary N) is 1. The Morgan fingerprint density at radius 3 is 2.27 bits per heavy atom. The maximum absolute atomic E-state index is 14.1. The van der Waals surface area contributed by atoms with Crippen LogP contribution in [0.5, 0.6) is 0 Å². The quantitative estimate of drug-likeness (QED) is 0.339. The van der Waals surface area contributed by atoms with E-state index in [4.69, 9.17) is 10.5 Å². The number of nitrogens with one attached hydrogen (secondary N) is 2. The molecule has 37 heavy (non-hydrogen) atoms. The maximum atomic E-state index is 14.1. The minimum atomic E-state index is -1.10. The number of nitrogens with zero attached hydrogens (tertiary/aromatic N) is 1. The van der Waals surface area contributed by atoms with Gasteiger partial charge >= 0.3 is 6.09 Å². The monoisotopic (exact) mass is 518 g/mol. The van der Waals surface area contributed by atoms with Crippen LogP contribution in [-0.4, -0.2) is 52.9 Å². The van der Waals surface area contributed by atoms with Gasteiger partial charge in [0, 0.05) is 19.0 Å². The second-order valence-corrected chi connectivity index (χ2v) is 10.6. The molecular weight excluding hydrogens is 472 g/mol. The number of hydrogen-bond donors (Lipinski definition) is 3. The van der Waals surface area contributed by atoms with E-state index in [1.54, 1.807) is 20.8 Å². The van der Waals surface area contributed by atoms with Gasteiger partial charge in [0.05, 0.1) is 0 Å². The molecule has 4 N–H and O–H groups in total. The van der Waals surface area contributed by atoms with Gasteiger partial charge in [0.1, 0.15) is 17.7 Å². The molecule has 0 saturated heterocycles. The number of alkyl carbamates (subject to hydrolysis) is 1. The summed E-state index contributed by atoms with van der Waals surface area (Å²) in [7, 11) is 0. The van der Waals surface area contributed by atoms with Crippen molar-refractivity contribution in [1.29, 1.82) is 0 Å². The SMILES string of the molecule is CCCCNC(=O)C(c1ccc(C)cc1C)N(C(=O)C(CCC(N)=O)NC(=O)OC(C)(C)C)C(C)CC. The van der Waals surface area contributed by atoms with Crippen molar-refractivity contribution in [2.45, 2.75) is 111 Å². The third-order valence-electron chi connectivity index (χ3n) is 6.06. The number of carbonyl (C=O) groups is 4. The van der Waals surface area contributed by atoms with E-state index in [0.717, 1.165) is 24.0 Å². The molecule has 0 aliphatic heterocycles. The Balaban J connectivity index is 3.56. The van der Waals surface area contributed by atoms with Crippen LogP contribution in [0.3, 0.4) is 0 Å². The first kappa shape index (κ1) is 31.9. The molecule has 0 radical (unpaired) electrons. The highest BCUT2D eigenvalue weighted by molar-refractivity contribution is 5.93. The number of benzene rings is 1. The molecule has 1 aromatic rings. The van der Waals surface area contributed by atoms with Gasteiger partial charge < -0.3 is 26.0 Å². The van der Waals surface area contributed by atoms with Crippen molar-refractivity contribution in [3.05, 3.63) is 34.9 Å². The van der Waals surface area contributed by atoms with Gasteiger partial charge in [-0.2, -0.15) is 0 Å². The Kier molecular flexibility index (Phi) is 12.6. The van der Waals surface area contributed by atoms with E-state index in [9.17, 15) is 19.2 Å². The van der Waals surface area contributed by atoms with Crippen molar-refractivity contribution in [1.82, 2.24) is 15.5 Å². The lowest BCUT2D eigenvalue weighted by Crippen LogP contribution is -2.55.